The molecule has 1 N–H and O–H groups in total. The van der Waals surface area contributed by atoms with Gasteiger partial charge >= 0.3 is 0 Å². The van der Waals surface area contributed by atoms with Crippen molar-refractivity contribution in [2.24, 2.45) is 5.41 Å². The van der Waals surface area contributed by atoms with Crippen molar-refractivity contribution in [3.63, 3.8) is 0 Å². The lowest BCUT2D eigenvalue weighted by molar-refractivity contribution is -0.875. The number of carboxylic acids is 1. The molecule has 0 aromatic carbocycles. The van der Waals surface area contributed by atoms with Crippen LogP contribution in [0.1, 0.15) is 27.2 Å². The summed E-state index contributed by atoms with van der Waals surface area (Å²) in [5, 5.41) is 21.0. The minimum absolute atomic E-state index is 0.0388. The number of hydrogen-bond donors (Lipinski definition) is 1. The zero-order valence-corrected chi connectivity index (χ0v) is 11.5. The summed E-state index contributed by atoms with van der Waals surface area (Å²) in [5.74, 6) is -1.89. The molecule has 0 aromatic heterocycles. The normalized spacial score (nSPS) is 16.4. The predicted octanol–water partition coefficient (Wildman–Crippen LogP) is -0.821. The number of carbonyl (C=O) groups is 2. The molecule has 0 aliphatic heterocycles. The van der Waals surface area contributed by atoms with Crippen LogP contribution in [0, 0.1) is 5.41 Å². The van der Waals surface area contributed by atoms with Crippen LogP contribution in [0.25, 0.3) is 0 Å². The number of aliphatic carboxylic acids is 1. The van der Waals surface area contributed by atoms with Crippen LogP contribution in [0.2, 0.25) is 0 Å². The highest BCUT2D eigenvalue weighted by Crippen LogP contribution is 2.27. The highest BCUT2D eigenvalue weighted by molar-refractivity contribution is 5.94. The molecule has 17 heavy (non-hydrogen) atoms. The highest BCUT2D eigenvalue weighted by atomic mass is 16.4. The van der Waals surface area contributed by atoms with E-state index in [0.29, 0.717) is 4.48 Å². The van der Waals surface area contributed by atoms with Crippen LogP contribution in [0.15, 0.2) is 0 Å². The minimum atomic E-state index is -1.88. The largest absolute Gasteiger partial charge is 0.550 e. The average molecular weight is 245 g/mol. The SMILES string of the molecule is CC(C)(C)C(=O)[C@@](O)(CC(=O)[O-])C[N+](C)(C)C. The summed E-state index contributed by atoms with van der Waals surface area (Å²) in [5.41, 5.74) is -2.67. The van der Waals surface area contributed by atoms with Gasteiger partial charge in [-0.1, -0.05) is 20.8 Å². The molecule has 0 saturated heterocycles. The maximum atomic E-state index is 12.1. The van der Waals surface area contributed by atoms with Gasteiger partial charge in [-0.2, -0.15) is 0 Å². The maximum Gasteiger partial charge on any atom is 0.177 e. The van der Waals surface area contributed by atoms with E-state index in [-0.39, 0.29) is 6.54 Å². The van der Waals surface area contributed by atoms with Crippen LogP contribution >= 0.6 is 0 Å². The lowest BCUT2D eigenvalue weighted by Crippen LogP contribution is -2.58. The molecule has 0 rings (SSSR count). The molecule has 0 heterocycles. The summed E-state index contributed by atoms with van der Waals surface area (Å²) in [7, 11) is 5.36. The van der Waals surface area contributed by atoms with E-state index >= 15 is 0 Å². The zero-order chi connectivity index (χ0) is 14.1. The summed E-state index contributed by atoms with van der Waals surface area (Å²) < 4.78 is 0.297. The fourth-order valence-electron chi connectivity index (χ4n) is 1.93. The third-order valence-corrected chi connectivity index (χ3v) is 2.28. The molecule has 0 unspecified atom stereocenters. The smallest absolute Gasteiger partial charge is 0.177 e. The van der Waals surface area contributed by atoms with Crippen molar-refractivity contribution in [2.45, 2.75) is 32.8 Å². The van der Waals surface area contributed by atoms with Gasteiger partial charge in [0.05, 0.1) is 21.1 Å². The van der Waals surface area contributed by atoms with Gasteiger partial charge in [0.15, 0.2) is 11.4 Å². The van der Waals surface area contributed by atoms with Crippen molar-refractivity contribution in [1.82, 2.24) is 0 Å². The summed E-state index contributed by atoms with van der Waals surface area (Å²) in [4.78, 5) is 22.9. The number of carbonyl (C=O) groups excluding carboxylic acids is 2. The quantitative estimate of drug-likeness (QED) is 0.642. The van der Waals surface area contributed by atoms with Crippen LogP contribution in [0.5, 0.6) is 0 Å². The molecule has 0 aromatic rings. The van der Waals surface area contributed by atoms with Crippen molar-refractivity contribution < 1.29 is 24.3 Å². The molecular formula is C12H23NO4. The number of hydrogen-bond acceptors (Lipinski definition) is 4. The van der Waals surface area contributed by atoms with Gasteiger partial charge in [0.1, 0.15) is 6.54 Å². The first-order valence-electron chi connectivity index (χ1n) is 5.55. The van der Waals surface area contributed by atoms with Gasteiger partial charge in [-0.05, 0) is 0 Å². The Bertz CT molecular complexity index is 311. The van der Waals surface area contributed by atoms with Gasteiger partial charge in [0.2, 0.25) is 0 Å². The predicted molar refractivity (Wildman–Crippen MR) is 61.9 cm³/mol. The first-order chi connectivity index (χ1) is 7.28. The van der Waals surface area contributed by atoms with Gasteiger partial charge in [-0.3, -0.25) is 4.79 Å². The molecule has 0 aliphatic carbocycles. The molecule has 0 radical (unpaired) electrons. The van der Waals surface area contributed by atoms with Crippen LogP contribution < -0.4 is 5.11 Å². The molecule has 5 heteroatoms. The maximum absolute atomic E-state index is 12.1. The van der Waals surface area contributed by atoms with Crippen molar-refractivity contribution in [3.05, 3.63) is 0 Å². The standard InChI is InChI=1S/C12H23NO4/c1-11(2,3)10(16)12(17,7-9(14)15)8-13(4,5)6/h17H,7-8H2,1-6H3/t12-/m1/s1. The molecule has 0 aliphatic rings. The van der Waals surface area contributed by atoms with Gasteiger partial charge < -0.3 is 19.5 Å². The van der Waals surface area contributed by atoms with E-state index < -0.39 is 29.2 Å². The summed E-state index contributed by atoms with van der Waals surface area (Å²) in [6.07, 6.45) is -0.668. The summed E-state index contributed by atoms with van der Waals surface area (Å²) >= 11 is 0. The van der Waals surface area contributed by atoms with Gasteiger partial charge in [0.25, 0.3) is 0 Å². The summed E-state index contributed by atoms with van der Waals surface area (Å²) in [6.45, 7) is 5.01. The van der Waals surface area contributed by atoms with Crippen molar-refractivity contribution >= 4 is 11.8 Å². The van der Waals surface area contributed by atoms with E-state index in [0.717, 1.165) is 0 Å². The Morgan fingerprint density at radius 1 is 1.18 bits per heavy atom. The van der Waals surface area contributed by atoms with Crippen molar-refractivity contribution in [3.8, 4) is 0 Å². The molecule has 0 amide bonds. The molecule has 1 atom stereocenters. The number of Topliss-reactive ketones (excluding diaryl/α,β-unsaturated/α-hetero) is 1. The minimum Gasteiger partial charge on any atom is -0.550 e. The van der Waals surface area contributed by atoms with E-state index in [1.807, 2.05) is 0 Å². The number of nitrogens with zero attached hydrogens (tertiary/aromatic N) is 1. The van der Waals surface area contributed by atoms with E-state index in [4.69, 9.17) is 0 Å². The molecule has 5 nitrogen and oxygen atoms in total. The number of ketones is 1. The van der Waals surface area contributed by atoms with Gasteiger partial charge in [0, 0.05) is 17.8 Å². The van der Waals surface area contributed by atoms with Gasteiger partial charge in [-0.15, -0.1) is 0 Å². The number of likely N-dealkylation sites (N-methyl/N-ethyl adjacent to an activating group) is 1. The molecule has 0 saturated carbocycles. The second kappa shape index (κ2) is 4.74. The Balaban J connectivity index is 5.25. The fraction of sp³-hybridized carbons (Fsp3) is 0.833. The Morgan fingerprint density at radius 3 is 1.82 bits per heavy atom. The first-order valence-corrected chi connectivity index (χ1v) is 5.55. The van der Waals surface area contributed by atoms with Crippen LogP contribution in [0.4, 0.5) is 0 Å². The molecule has 0 spiro atoms. The number of rotatable bonds is 5. The summed E-state index contributed by atoms with van der Waals surface area (Å²) in [6, 6.07) is 0. The topological polar surface area (TPSA) is 77.4 Å². The average Bonchev–Trinajstić information content (AvgIpc) is 1.95. The number of aliphatic hydroxyl groups is 1. The van der Waals surface area contributed by atoms with E-state index in [9.17, 15) is 19.8 Å². The van der Waals surface area contributed by atoms with E-state index in [1.54, 1.807) is 41.9 Å². The Kier molecular flexibility index (Phi) is 4.48. The van der Waals surface area contributed by atoms with Crippen molar-refractivity contribution in [2.75, 3.05) is 27.7 Å². The molecule has 0 bridgehead atoms. The Morgan fingerprint density at radius 2 is 1.59 bits per heavy atom. The van der Waals surface area contributed by atoms with E-state index in [2.05, 4.69) is 0 Å². The fourth-order valence-corrected chi connectivity index (χ4v) is 1.93. The number of carboxylic acid groups (broad SMARTS) is 1. The second-order valence-corrected chi connectivity index (χ2v) is 6.61. The van der Waals surface area contributed by atoms with Crippen LogP contribution in [0.3, 0.4) is 0 Å². The third kappa shape index (κ3) is 5.28. The Hall–Kier alpha value is -0.940. The second-order valence-electron chi connectivity index (χ2n) is 6.61. The molecule has 0 fully saturated rings. The van der Waals surface area contributed by atoms with Crippen molar-refractivity contribution in [1.29, 1.82) is 0 Å². The third-order valence-electron chi connectivity index (χ3n) is 2.28. The Labute approximate surface area is 103 Å². The molecule has 100 valence electrons. The lowest BCUT2D eigenvalue weighted by Gasteiger charge is -2.38. The highest BCUT2D eigenvalue weighted by Gasteiger charge is 2.45. The molecular weight excluding hydrogens is 222 g/mol. The van der Waals surface area contributed by atoms with Gasteiger partial charge in [-0.25, -0.2) is 0 Å². The van der Waals surface area contributed by atoms with Crippen LogP contribution in [-0.2, 0) is 9.59 Å². The van der Waals surface area contributed by atoms with E-state index in [1.165, 1.54) is 0 Å². The number of quaternary nitrogens is 1. The zero-order valence-electron chi connectivity index (χ0n) is 11.5. The lowest BCUT2D eigenvalue weighted by atomic mass is 9.78. The first kappa shape index (κ1) is 16.1. The van der Waals surface area contributed by atoms with Crippen LogP contribution in [-0.4, -0.2) is 54.6 Å². The monoisotopic (exact) mass is 245 g/mol.